The van der Waals surface area contributed by atoms with Gasteiger partial charge in [0.2, 0.25) is 0 Å². The highest BCUT2D eigenvalue weighted by atomic mass is 35.5. The van der Waals surface area contributed by atoms with E-state index in [9.17, 15) is 4.79 Å². The van der Waals surface area contributed by atoms with E-state index in [0.717, 1.165) is 34.6 Å². The summed E-state index contributed by atoms with van der Waals surface area (Å²) in [6, 6.07) is 13.5. The van der Waals surface area contributed by atoms with E-state index in [-0.39, 0.29) is 11.2 Å². The summed E-state index contributed by atoms with van der Waals surface area (Å²) in [7, 11) is 0. The van der Waals surface area contributed by atoms with Crippen LogP contribution in [0.1, 0.15) is 36.3 Å². The summed E-state index contributed by atoms with van der Waals surface area (Å²) >= 11 is 6.03. The van der Waals surface area contributed by atoms with Crippen LogP contribution in [0, 0.1) is 5.41 Å². The Bertz CT molecular complexity index is 940. The molecule has 0 bridgehead atoms. The number of benzene rings is 1. The lowest BCUT2D eigenvalue weighted by Gasteiger charge is -2.30. The molecule has 1 aliphatic carbocycles. The number of carbonyl (C=O) groups is 1. The summed E-state index contributed by atoms with van der Waals surface area (Å²) in [5, 5.41) is 0.689. The minimum atomic E-state index is -0.0494. The van der Waals surface area contributed by atoms with Crippen LogP contribution in [0.25, 0.3) is 16.9 Å². The van der Waals surface area contributed by atoms with Crippen LogP contribution in [0.5, 0.6) is 0 Å². The summed E-state index contributed by atoms with van der Waals surface area (Å²) < 4.78 is 2.07. The highest BCUT2D eigenvalue weighted by Crippen LogP contribution is 2.41. The molecule has 0 amide bonds. The lowest BCUT2D eigenvalue weighted by molar-refractivity contribution is 0.0911. The van der Waals surface area contributed by atoms with Crippen LogP contribution in [0.3, 0.4) is 0 Å². The largest absolute Gasteiger partial charge is 0.304 e. The summed E-state index contributed by atoms with van der Waals surface area (Å²) in [5.74, 6) is 1.04. The SMILES string of the molecule is CC1(C)CC(=O)c2c(-c3ccc(Cl)cc3)cn(-c3ccccn3)c2C1. The van der Waals surface area contributed by atoms with E-state index in [1.165, 1.54) is 0 Å². The Hall–Kier alpha value is -2.39. The van der Waals surface area contributed by atoms with Crippen molar-refractivity contribution in [3.8, 4) is 16.9 Å². The van der Waals surface area contributed by atoms with Gasteiger partial charge in [0.25, 0.3) is 0 Å². The molecule has 0 saturated heterocycles. The van der Waals surface area contributed by atoms with E-state index in [4.69, 9.17) is 11.6 Å². The quantitative estimate of drug-likeness (QED) is 0.624. The predicted octanol–water partition coefficient (Wildman–Crippen LogP) is 5.35. The zero-order valence-corrected chi connectivity index (χ0v) is 15.0. The number of hydrogen-bond donors (Lipinski definition) is 0. The van der Waals surface area contributed by atoms with Gasteiger partial charge in [0, 0.05) is 40.7 Å². The van der Waals surface area contributed by atoms with Crippen molar-refractivity contribution in [2.24, 2.45) is 5.41 Å². The molecule has 0 radical (unpaired) electrons. The Kier molecular flexibility index (Phi) is 3.77. The Morgan fingerprint density at radius 2 is 1.84 bits per heavy atom. The van der Waals surface area contributed by atoms with E-state index >= 15 is 0 Å². The van der Waals surface area contributed by atoms with Gasteiger partial charge in [-0.15, -0.1) is 0 Å². The normalized spacial score (nSPS) is 15.9. The zero-order valence-electron chi connectivity index (χ0n) is 14.3. The monoisotopic (exact) mass is 350 g/mol. The number of pyridine rings is 1. The number of ketones is 1. The molecule has 2 heterocycles. The predicted molar refractivity (Wildman–Crippen MR) is 100 cm³/mol. The van der Waals surface area contributed by atoms with Crippen molar-refractivity contribution in [1.82, 2.24) is 9.55 Å². The third-order valence-corrected chi connectivity index (χ3v) is 4.97. The first kappa shape index (κ1) is 16.1. The highest BCUT2D eigenvalue weighted by molar-refractivity contribution is 6.30. The second kappa shape index (κ2) is 5.85. The van der Waals surface area contributed by atoms with Crippen LogP contribution in [0.4, 0.5) is 0 Å². The van der Waals surface area contributed by atoms with E-state index in [2.05, 4.69) is 23.4 Å². The van der Waals surface area contributed by atoms with E-state index in [0.29, 0.717) is 11.4 Å². The van der Waals surface area contributed by atoms with Crippen LogP contribution in [-0.2, 0) is 6.42 Å². The number of Topliss-reactive ketones (excluding diaryl/α,β-unsaturated/α-hetero) is 1. The maximum absolute atomic E-state index is 12.9. The Morgan fingerprint density at radius 3 is 2.52 bits per heavy atom. The molecule has 3 nitrogen and oxygen atoms in total. The van der Waals surface area contributed by atoms with Crippen molar-refractivity contribution in [1.29, 1.82) is 0 Å². The summed E-state index contributed by atoms with van der Waals surface area (Å²) in [6.45, 7) is 4.29. The minimum absolute atomic E-state index is 0.0494. The number of aromatic nitrogens is 2. The number of rotatable bonds is 2. The fourth-order valence-electron chi connectivity index (χ4n) is 3.62. The van der Waals surface area contributed by atoms with Gasteiger partial charge in [0.15, 0.2) is 5.78 Å². The zero-order chi connectivity index (χ0) is 17.6. The van der Waals surface area contributed by atoms with Crippen LogP contribution in [-0.4, -0.2) is 15.3 Å². The molecular weight excluding hydrogens is 332 g/mol. The summed E-state index contributed by atoms with van der Waals surface area (Å²) in [5.41, 5.74) is 3.78. The van der Waals surface area contributed by atoms with Gasteiger partial charge in [-0.2, -0.15) is 0 Å². The molecule has 0 fully saturated rings. The second-order valence-electron chi connectivity index (χ2n) is 7.37. The number of fused-ring (bicyclic) bond motifs is 1. The van der Waals surface area contributed by atoms with Crippen LogP contribution in [0.2, 0.25) is 5.02 Å². The average Bonchev–Trinajstić information content (AvgIpc) is 2.94. The number of halogens is 1. The first-order valence-corrected chi connectivity index (χ1v) is 8.77. The molecule has 0 saturated carbocycles. The number of carbonyl (C=O) groups excluding carboxylic acids is 1. The first-order chi connectivity index (χ1) is 11.9. The lowest BCUT2D eigenvalue weighted by Crippen LogP contribution is -2.28. The smallest absolute Gasteiger partial charge is 0.165 e. The highest BCUT2D eigenvalue weighted by Gasteiger charge is 2.36. The molecule has 126 valence electrons. The molecule has 3 aromatic rings. The molecular formula is C21H19ClN2O. The van der Waals surface area contributed by atoms with Crippen LogP contribution < -0.4 is 0 Å². The Balaban J connectivity index is 1.96. The van der Waals surface area contributed by atoms with Gasteiger partial charge in [-0.1, -0.05) is 43.6 Å². The summed E-state index contributed by atoms with van der Waals surface area (Å²) in [6.07, 6.45) is 5.22. The molecule has 0 aliphatic heterocycles. The molecule has 0 unspecified atom stereocenters. The van der Waals surface area contributed by atoms with Gasteiger partial charge >= 0.3 is 0 Å². The summed E-state index contributed by atoms with van der Waals surface area (Å²) in [4.78, 5) is 17.4. The molecule has 0 atom stereocenters. The van der Waals surface area contributed by atoms with Gasteiger partial charge in [0.1, 0.15) is 5.82 Å². The molecule has 1 aromatic carbocycles. The van der Waals surface area contributed by atoms with Crippen molar-refractivity contribution in [3.63, 3.8) is 0 Å². The number of nitrogens with zero attached hydrogens (tertiary/aromatic N) is 2. The average molecular weight is 351 g/mol. The van der Waals surface area contributed by atoms with E-state index < -0.39 is 0 Å². The first-order valence-electron chi connectivity index (χ1n) is 8.39. The van der Waals surface area contributed by atoms with Crippen molar-refractivity contribution < 1.29 is 4.79 Å². The Morgan fingerprint density at radius 1 is 1.08 bits per heavy atom. The lowest BCUT2D eigenvalue weighted by atomic mass is 9.75. The maximum Gasteiger partial charge on any atom is 0.165 e. The van der Waals surface area contributed by atoms with Gasteiger partial charge in [0.05, 0.1) is 0 Å². The fourth-order valence-corrected chi connectivity index (χ4v) is 3.75. The molecule has 4 heteroatoms. The Labute approximate surface area is 152 Å². The third-order valence-electron chi connectivity index (χ3n) is 4.72. The molecule has 4 rings (SSSR count). The van der Waals surface area contributed by atoms with Gasteiger partial charge in [-0.3, -0.25) is 4.79 Å². The molecule has 0 N–H and O–H groups in total. The van der Waals surface area contributed by atoms with E-state index in [1.807, 2.05) is 48.7 Å². The van der Waals surface area contributed by atoms with Gasteiger partial charge in [-0.25, -0.2) is 4.98 Å². The van der Waals surface area contributed by atoms with Gasteiger partial charge < -0.3 is 4.57 Å². The van der Waals surface area contributed by atoms with Crippen LogP contribution in [0.15, 0.2) is 54.9 Å². The maximum atomic E-state index is 12.9. The van der Waals surface area contributed by atoms with Crippen molar-refractivity contribution in [2.75, 3.05) is 0 Å². The number of hydrogen-bond acceptors (Lipinski definition) is 2. The second-order valence-corrected chi connectivity index (χ2v) is 7.81. The molecule has 2 aromatic heterocycles. The van der Waals surface area contributed by atoms with Gasteiger partial charge in [-0.05, 0) is 41.7 Å². The standard InChI is InChI=1S/C21H19ClN2O/c1-21(2)11-17-20(18(25)12-21)16(14-6-8-15(22)9-7-14)13-24(17)19-5-3-4-10-23-19/h3-10,13H,11-12H2,1-2H3. The topological polar surface area (TPSA) is 34.9 Å². The molecule has 1 aliphatic rings. The fraction of sp³-hybridized carbons (Fsp3) is 0.238. The molecule has 25 heavy (non-hydrogen) atoms. The van der Waals surface area contributed by atoms with Crippen molar-refractivity contribution in [2.45, 2.75) is 26.7 Å². The van der Waals surface area contributed by atoms with Crippen LogP contribution >= 0.6 is 11.6 Å². The van der Waals surface area contributed by atoms with Crippen molar-refractivity contribution >= 4 is 17.4 Å². The third kappa shape index (κ3) is 2.89. The van der Waals surface area contributed by atoms with E-state index in [1.54, 1.807) is 6.20 Å². The van der Waals surface area contributed by atoms with Crippen molar-refractivity contribution in [3.05, 3.63) is 71.1 Å². The molecule has 0 spiro atoms. The minimum Gasteiger partial charge on any atom is -0.304 e.